The molecular formula is C17H27N5O2S. The standard InChI is InChI=1S/C17H27N5O2S/c1-17(2,3)24-16(23)22-8-6-21(7-9-22)15(18)19-10-14-20-13(11-25-14)12-4-5-12/h11-12H,4-10H2,1-3H3,(H2,18,19). The highest BCUT2D eigenvalue weighted by Crippen LogP contribution is 2.40. The molecule has 0 spiro atoms. The Balaban J connectivity index is 1.47. The molecule has 2 N–H and O–H groups in total. The van der Waals surface area contributed by atoms with E-state index in [0.29, 0.717) is 44.6 Å². The second kappa shape index (κ2) is 7.19. The van der Waals surface area contributed by atoms with E-state index < -0.39 is 5.60 Å². The van der Waals surface area contributed by atoms with Gasteiger partial charge >= 0.3 is 6.09 Å². The highest BCUT2D eigenvalue weighted by Gasteiger charge is 2.27. The lowest BCUT2D eigenvalue weighted by Crippen LogP contribution is -2.53. The summed E-state index contributed by atoms with van der Waals surface area (Å²) < 4.78 is 5.41. The van der Waals surface area contributed by atoms with Gasteiger partial charge in [-0.15, -0.1) is 11.3 Å². The SMILES string of the molecule is CC(C)(C)OC(=O)N1CCN(C(N)=NCc2nc(C3CC3)cs2)CC1. The summed E-state index contributed by atoms with van der Waals surface area (Å²) in [4.78, 5) is 24.9. The van der Waals surface area contributed by atoms with Crippen LogP contribution in [0.4, 0.5) is 4.79 Å². The minimum Gasteiger partial charge on any atom is -0.444 e. The summed E-state index contributed by atoms with van der Waals surface area (Å²) in [5, 5.41) is 3.15. The third-order valence-corrected chi connectivity index (χ3v) is 5.05. The Morgan fingerprint density at radius 2 is 1.96 bits per heavy atom. The number of amides is 1. The lowest BCUT2D eigenvalue weighted by molar-refractivity contribution is 0.0186. The zero-order chi connectivity index (χ0) is 18.0. The maximum absolute atomic E-state index is 12.1. The summed E-state index contributed by atoms with van der Waals surface area (Å²) in [5.74, 6) is 1.19. The predicted molar refractivity (Wildman–Crippen MR) is 98.8 cm³/mol. The highest BCUT2D eigenvalue weighted by atomic mass is 32.1. The number of nitrogens with zero attached hydrogens (tertiary/aromatic N) is 4. The first-order valence-electron chi connectivity index (χ1n) is 8.79. The summed E-state index contributed by atoms with van der Waals surface area (Å²) in [6.07, 6.45) is 2.26. The fourth-order valence-corrected chi connectivity index (χ4v) is 3.46. The topological polar surface area (TPSA) is 84.0 Å². The van der Waals surface area contributed by atoms with Crippen molar-refractivity contribution in [1.29, 1.82) is 0 Å². The predicted octanol–water partition coefficient (Wildman–Crippen LogP) is 2.39. The minimum absolute atomic E-state index is 0.266. The van der Waals surface area contributed by atoms with Gasteiger partial charge in [-0.3, -0.25) is 0 Å². The Morgan fingerprint density at radius 1 is 1.32 bits per heavy atom. The van der Waals surface area contributed by atoms with Crippen molar-refractivity contribution in [2.45, 2.75) is 51.7 Å². The van der Waals surface area contributed by atoms with Gasteiger partial charge in [0.15, 0.2) is 5.96 Å². The largest absolute Gasteiger partial charge is 0.444 e. The molecule has 7 nitrogen and oxygen atoms in total. The molecule has 1 aromatic rings. The van der Waals surface area contributed by atoms with Gasteiger partial charge in [0.05, 0.1) is 12.2 Å². The van der Waals surface area contributed by atoms with Crippen LogP contribution >= 0.6 is 11.3 Å². The molecule has 0 radical (unpaired) electrons. The van der Waals surface area contributed by atoms with E-state index in [-0.39, 0.29) is 6.09 Å². The molecule has 138 valence electrons. The first kappa shape index (κ1) is 18.0. The van der Waals surface area contributed by atoms with Crippen LogP contribution in [0.2, 0.25) is 0 Å². The quantitative estimate of drug-likeness (QED) is 0.657. The van der Waals surface area contributed by atoms with Crippen LogP contribution in [0.5, 0.6) is 0 Å². The van der Waals surface area contributed by atoms with Crippen molar-refractivity contribution in [3.8, 4) is 0 Å². The molecule has 2 heterocycles. The number of aromatic nitrogens is 1. The van der Waals surface area contributed by atoms with Gasteiger partial charge in [-0.25, -0.2) is 14.8 Å². The molecule has 1 aliphatic carbocycles. The number of ether oxygens (including phenoxy) is 1. The smallest absolute Gasteiger partial charge is 0.410 e. The molecule has 2 fully saturated rings. The van der Waals surface area contributed by atoms with Crippen molar-refractivity contribution >= 4 is 23.4 Å². The lowest BCUT2D eigenvalue weighted by Gasteiger charge is -2.36. The van der Waals surface area contributed by atoms with E-state index in [9.17, 15) is 4.79 Å². The van der Waals surface area contributed by atoms with E-state index in [0.717, 1.165) is 5.01 Å². The average Bonchev–Trinajstić information content (AvgIpc) is 3.30. The second-order valence-electron chi connectivity index (χ2n) is 7.57. The molecule has 1 saturated carbocycles. The van der Waals surface area contributed by atoms with E-state index in [2.05, 4.69) is 15.4 Å². The van der Waals surface area contributed by atoms with Gasteiger partial charge in [0.1, 0.15) is 10.6 Å². The van der Waals surface area contributed by atoms with Crippen LogP contribution in [0.1, 0.15) is 50.2 Å². The summed E-state index contributed by atoms with van der Waals surface area (Å²) >= 11 is 1.65. The van der Waals surface area contributed by atoms with Gasteiger partial charge in [0.25, 0.3) is 0 Å². The Labute approximate surface area is 152 Å². The Kier molecular flexibility index (Phi) is 5.17. The molecule has 0 bridgehead atoms. The van der Waals surface area contributed by atoms with E-state index in [4.69, 9.17) is 10.5 Å². The van der Waals surface area contributed by atoms with E-state index in [1.807, 2.05) is 25.7 Å². The minimum atomic E-state index is -0.471. The fourth-order valence-electron chi connectivity index (χ4n) is 2.66. The van der Waals surface area contributed by atoms with Crippen LogP contribution in [0, 0.1) is 0 Å². The van der Waals surface area contributed by atoms with Crippen molar-refractivity contribution in [3.05, 3.63) is 16.1 Å². The van der Waals surface area contributed by atoms with Gasteiger partial charge in [-0.2, -0.15) is 0 Å². The number of nitrogens with two attached hydrogens (primary N) is 1. The molecular weight excluding hydrogens is 338 g/mol. The van der Waals surface area contributed by atoms with E-state index in [1.165, 1.54) is 18.5 Å². The van der Waals surface area contributed by atoms with Crippen LogP contribution in [-0.2, 0) is 11.3 Å². The molecule has 8 heteroatoms. The normalized spacial score (nSPS) is 19.2. The summed E-state index contributed by atoms with van der Waals surface area (Å²) in [6.45, 7) is 8.66. The van der Waals surface area contributed by atoms with Gasteiger partial charge in [-0.1, -0.05) is 0 Å². The van der Waals surface area contributed by atoms with Crippen molar-refractivity contribution in [2.75, 3.05) is 26.2 Å². The number of carbonyl (C=O) groups excluding carboxylic acids is 1. The number of piperazine rings is 1. The third-order valence-electron chi connectivity index (χ3n) is 4.20. The molecule has 0 atom stereocenters. The first-order chi connectivity index (χ1) is 11.8. The van der Waals surface area contributed by atoms with Gasteiger partial charge in [0, 0.05) is 37.5 Å². The van der Waals surface area contributed by atoms with E-state index in [1.54, 1.807) is 16.2 Å². The number of hydrogen-bond donors (Lipinski definition) is 1. The number of carbonyl (C=O) groups is 1. The Hall–Kier alpha value is -1.83. The summed E-state index contributed by atoms with van der Waals surface area (Å²) in [5.41, 5.74) is 6.85. The third kappa shape index (κ3) is 5.07. The summed E-state index contributed by atoms with van der Waals surface area (Å²) in [7, 11) is 0. The molecule has 1 amide bonds. The highest BCUT2D eigenvalue weighted by molar-refractivity contribution is 7.09. The molecule has 25 heavy (non-hydrogen) atoms. The van der Waals surface area contributed by atoms with Gasteiger partial charge < -0.3 is 20.3 Å². The average molecular weight is 366 g/mol. The maximum atomic E-state index is 12.1. The zero-order valence-electron chi connectivity index (χ0n) is 15.2. The van der Waals surface area contributed by atoms with Crippen molar-refractivity contribution in [1.82, 2.24) is 14.8 Å². The molecule has 1 aromatic heterocycles. The number of rotatable bonds is 3. The van der Waals surface area contributed by atoms with Crippen molar-refractivity contribution in [2.24, 2.45) is 10.7 Å². The molecule has 1 saturated heterocycles. The van der Waals surface area contributed by atoms with E-state index >= 15 is 0 Å². The molecule has 3 rings (SSSR count). The number of aliphatic imine (C=N–C) groups is 1. The van der Waals surface area contributed by atoms with Crippen LogP contribution in [0.15, 0.2) is 10.4 Å². The van der Waals surface area contributed by atoms with Gasteiger partial charge in [-0.05, 0) is 33.6 Å². The fraction of sp³-hybridized carbons (Fsp3) is 0.706. The monoisotopic (exact) mass is 365 g/mol. The Morgan fingerprint density at radius 3 is 2.56 bits per heavy atom. The lowest BCUT2D eigenvalue weighted by atomic mass is 10.2. The van der Waals surface area contributed by atoms with Crippen LogP contribution in [0.3, 0.4) is 0 Å². The molecule has 0 aromatic carbocycles. The molecule has 2 aliphatic rings. The first-order valence-corrected chi connectivity index (χ1v) is 9.67. The van der Waals surface area contributed by atoms with Crippen LogP contribution in [0.25, 0.3) is 0 Å². The zero-order valence-corrected chi connectivity index (χ0v) is 16.0. The second-order valence-corrected chi connectivity index (χ2v) is 8.51. The maximum Gasteiger partial charge on any atom is 0.410 e. The summed E-state index contributed by atoms with van der Waals surface area (Å²) in [6, 6.07) is 0. The molecule has 1 aliphatic heterocycles. The van der Waals surface area contributed by atoms with Gasteiger partial charge in [0.2, 0.25) is 0 Å². The number of guanidine groups is 1. The Bertz CT molecular complexity index is 640. The number of hydrogen-bond acceptors (Lipinski definition) is 5. The molecule has 0 unspecified atom stereocenters. The van der Waals surface area contributed by atoms with Crippen molar-refractivity contribution < 1.29 is 9.53 Å². The van der Waals surface area contributed by atoms with Crippen LogP contribution < -0.4 is 5.73 Å². The van der Waals surface area contributed by atoms with Crippen molar-refractivity contribution in [3.63, 3.8) is 0 Å². The number of thiazole rings is 1. The van der Waals surface area contributed by atoms with Crippen LogP contribution in [-0.4, -0.2) is 58.6 Å².